The molecule has 0 amide bonds. The van der Waals surface area contributed by atoms with Gasteiger partial charge in [0.25, 0.3) is 0 Å². The van der Waals surface area contributed by atoms with Crippen molar-refractivity contribution in [3.8, 4) is 0 Å². The number of rotatable bonds is 4. The Kier molecular flexibility index (Phi) is 7.37. The van der Waals surface area contributed by atoms with Crippen molar-refractivity contribution in [1.29, 1.82) is 0 Å². The maximum absolute atomic E-state index is 5.78. The van der Waals surface area contributed by atoms with Gasteiger partial charge in [0.05, 0.1) is 0 Å². The molecule has 0 aromatic carbocycles. The first kappa shape index (κ1) is 9.25. The lowest BCUT2D eigenvalue weighted by Crippen LogP contribution is -1.98. The predicted octanol–water partition coefficient (Wildman–Crippen LogP) is 3.16. The van der Waals surface area contributed by atoms with Crippen molar-refractivity contribution in [2.45, 2.75) is 18.2 Å². The quantitative estimate of drug-likeness (QED) is 0.684. The molecular formula is C5H9Br2Cl. The maximum atomic E-state index is 5.78. The zero-order valence-electron chi connectivity index (χ0n) is 4.54. The lowest BCUT2D eigenvalue weighted by molar-refractivity contribution is 0.799. The first-order valence-corrected chi connectivity index (χ1v) is 5.25. The summed E-state index contributed by atoms with van der Waals surface area (Å²) in [7, 11) is 0. The third-order valence-corrected chi connectivity index (χ3v) is 2.91. The van der Waals surface area contributed by atoms with Crippen molar-refractivity contribution in [2.75, 3.05) is 10.7 Å². The van der Waals surface area contributed by atoms with Crippen LogP contribution in [0.4, 0.5) is 0 Å². The van der Waals surface area contributed by atoms with Crippen LogP contribution >= 0.6 is 43.5 Å². The van der Waals surface area contributed by atoms with E-state index in [-0.39, 0.29) is 0 Å². The second kappa shape index (κ2) is 6.37. The number of hydrogen-bond acceptors (Lipinski definition) is 0. The molecule has 0 spiro atoms. The third-order valence-electron chi connectivity index (χ3n) is 0.818. The Bertz CT molecular complexity index is 49.7. The van der Waals surface area contributed by atoms with Gasteiger partial charge < -0.3 is 0 Å². The smallest absolute Gasteiger partial charge is 0.0433 e. The highest BCUT2D eigenvalue weighted by molar-refractivity contribution is 9.09. The summed E-state index contributed by atoms with van der Waals surface area (Å²) in [4.78, 5) is 0. The first-order chi connectivity index (χ1) is 3.81. The van der Waals surface area contributed by atoms with Gasteiger partial charge in [-0.15, -0.1) is 11.6 Å². The average molecular weight is 264 g/mol. The zero-order chi connectivity index (χ0) is 6.41. The van der Waals surface area contributed by atoms with Crippen molar-refractivity contribution in [3.63, 3.8) is 0 Å². The number of alkyl halides is 3. The van der Waals surface area contributed by atoms with Crippen LogP contribution in [0.2, 0.25) is 0 Å². The summed E-state index contributed by atoms with van der Waals surface area (Å²) in [6.45, 7) is 0. The molecule has 1 atom stereocenters. The summed E-state index contributed by atoms with van der Waals surface area (Å²) in [6, 6.07) is 0. The molecule has 8 heavy (non-hydrogen) atoms. The fourth-order valence-electron chi connectivity index (χ4n) is 0.376. The molecule has 0 aliphatic carbocycles. The van der Waals surface area contributed by atoms with Gasteiger partial charge in [-0.05, 0) is 12.8 Å². The fraction of sp³-hybridized carbons (Fsp3) is 1.00. The van der Waals surface area contributed by atoms with E-state index in [4.69, 9.17) is 11.6 Å². The molecule has 0 bridgehead atoms. The van der Waals surface area contributed by atoms with Gasteiger partial charge in [-0.2, -0.15) is 0 Å². The van der Waals surface area contributed by atoms with E-state index in [1.807, 2.05) is 0 Å². The van der Waals surface area contributed by atoms with Crippen LogP contribution in [-0.2, 0) is 0 Å². The molecule has 0 aliphatic heterocycles. The van der Waals surface area contributed by atoms with Crippen LogP contribution in [0.5, 0.6) is 0 Å². The molecule has 0 rings (SSSR count). The Morgan fingerprint density at radius 1 is 1.38 bits per heavy atom. The summed E-state index contributed by atoms with van der Waals surface area (Å²) in [5, 5.41) is 2.28. The Labute approximate surface area is 72.2 Å². The Hall–Kier alpha value is 1.25. The molecule has 0 aliphatic rings. The maximum Gasteiger partial charge on any atom is 0.0433 e. The summed E-state index contributed by atoms with van der Waals surface area (Å²) in [5.74, 6) is 0. The highest BCUT2D eigenvalue weighted by Crippen LogP contribution is 2.08. The minimum absolute atomic E-state index is 0.313. The van der Waals surface area contributed by atoms with Gasteiger partial charge in [0.2, 0.25) is 0 Å². The SMILES string of the molecule is ClC(CBr)CCCBr. The molecule has 0 heterocycles. The van der Waals surface area contributed by atoms with Crippen molar-refractivity contribution >= 4 is 43.5 Å². The second-order valence-corrected chi connectivity index (χ2v) is 3.64. The van der Waals surface area contributed by atoms with Crippen LogP contribution in [0.1, 0.15) is 12.8 Å². The fourth-order valence-corrected chi connectivity index (χ4v) is 1.18. The lowest BCUT2D eigenvalue weighted by atomic mass is 10.3. The molecule has 0 nitrogen and oxygen atoms in total. The monoisotopic (exact) mass is 262 g/mol. The van der Waals surface area contributed by atoms with Crippen molar-refractivity contribution < 1.29 is 0 Å². The molecule has 0 saturated heterocycles. The van der Waals surface area contributed by atoms with E-state index in [0.29, 0.717) is 5.38 Å². The van der Waals surface area contributed by atoms with E-state index in [1.165, 1.54) is 6.42 Å². The predicted molar refractivity (Wildman–Crippen MR) is 46.5 cm³/mol. The van der Waals surface area contributed by atoms with Crippen LogP contribution in [0.3, 0.4) is 0 Å². The molecule has 0 radical (unpaired) electrons. The van der Waals surface area contributed by atoms with Crippen LogP contribution in [0.25, 0.3) is 0 Å². The largest absolute Gasteiger partial charge is 0.122 e. The molecular weight excluding hydrogens is 255 g/mol. The van der Waals surface area contributed by atoms with Gasteiger partial charge in [0.1, 0.15) is 0 Å². The van der Waals surface area contributed by atoms with Crippen LogP contribution in [0.15, 0.2) is 0 Å². The van der Waals surface area contributed by atoms with Gasteiger partial charge in [-0.3, -0.25) is 0 Å². The molecule has 50 valence electrons. The van der Waals surface area contributed by atoms with Crippen molar-refractivity contribution in [3.05, 3.63) is 0 Å². The van der Waals surface area contributed by atoms with E-state index in [1.54, 1.807) is 0 Å². The molecule has 3 heteroatoms. The minimum Gasteiger partial charge on any atom is -0.122 e. The lowest BCUT2D eigenvalue weighted by Gasteiger charge is -2.00. The highest BCUT2D eigenvalue weighted by Gasteiger charge is 1.98. The number of hydrogen-bond donors (Lipinski definition) is 0. The van der Waals surface area contributed by atoms with Crippen molar-refractivity contribution in [1.82, 2.24) is 0 Å². The summed E-state index contributed by atoms with van der Waals surface area (Å²) in [6.07, 6.45) is 2.26. The molecule has 0 fully saturated rings. The zero-order valence-corrected chi connectivity index (χ0v) is 8.47. The minimum atomic E-state index is 0.313. The average Bonchev–Trinajstić information content (AvgIpc) is 1.83. The molecule has 0 N–H and O–H groups in total. The summed E-state index contributed by atoms with van der Waals surface area (Å²) in [5.41, 5.74) is 0. The molecule has 1 unspecified atom stereocenters. The Balaban J connectivity index is 2.86. The van der Waals surface area contributed by atoms with Crippen LogP contribution < -0.4 is 0 Å². The van der Waals surface area contributed by atoms with E-state index in [9.17, 15) is 0 Å². The Morgan fingerprint density at radius 2 is 2.00 bits per heavy atom. The Morgan fingerprint density at radius 3 is 2.38 bits per heavy atom. The topological polar surface area (TPSA) is 0 Å². The van der Waals surface area contributed by atoms with Crippen molar-refractivity contribution in [2.24, 2.45) is 0 Å². The van der Waals surface area contributed by atoms with Gasteiger partial charge in [0, 0.05) is 16.0 Å². The normalized spacial score (nSPS) is 13.9. The summed E-state index contributed by atoms with van der Waals surface area (Å²) >= 11 is 12.4. The molecule has 0 saturated carbocycles. The van der Waals surface area contributed by atoms with Crippen LogP contribution in [-0.4, -0.2) is 16.0 Å². The standard InChI is InChI=1S/C5H9Br2Cl/c6-3-1-2-5(8)4-7/h5H,1-4H2. The molecule has 0 aromatic rings. The van der Waals surface area contributed by atoms with E-state index < -0.39 is 0 Å². The van der Waals surface area contributed by atoms with E-state index >= 15 is 0 Å². The first-order valence-electron chi connectivity index (χ1n) is 2.57. The van der Waals surface area contributed by atoms with Gasteiger partial charge in [-0.1, -0.05) is 31.9 Å². The second-order valence-electron chi connectivity index (χ2n) is 1.58. The van der Waals surface area contributed by atoms with E-state index in [0.717, 1.165) is 17.1 Å². The van der Waals surface area contributed by atoms with Crippen LogP contribution in [0, 0.1) is 0 Å². The summed E-state index contributed by atoms with van der Waals surface area (Å²) < 4.78 is 0. The van der Waals surface area contributed by atoms with Gasteiger partial charge in [-0.25, -0.2) is 0 Å². The number of halogens is 3. The van der Waals surface area contributed by atoms with Gasteiger partial charge in [0.15, 0.2) is 0 Å². The molecule has 0 aromatic heterocycles. The highest BCUT2D eigenvalue weighted by atomic mass is 79.9. The third kappa shape index (κ3) is 5.39. The van der Waals surface area contributed by atoms with E-state index in [2.05, 4.69) is 31.9 Å². The van der Waals surface area contributed by atoms with Gasteiger partial charge >= 0.3 is 0 Å².